The minimum Gasteiger partial charge on any atom is -0.481 e. The third-order valence-corrected chi connectivity index (χ3v) is 2.15. The van der Waals surface area contributed by atoms with Crippen molar-refractivity contribution in [3.63, 3.8) is 0 Å². The fraction of sp³-hybridized carbons (Fsp3) is 0.333. The first kappa shape index (κ1) is 13.0. The molecular weight excluding hydrogens is 220 g/mol. The third kappa shape index (κ3) is 3.47. The van der Waals surface area contributed by atoms with Crippen LogP contribution in [0.3, 0.4) is 0 Å². The molecule has 0 aliphatic carbocycles. The summed E-state index contributed by atoms with van der Waals surface area (Å²) >= 11 is 0. The third-order valence-electron chi connectivity index (χ3n) is 2.15. The maximum atomic E-state index is 11.6. The number of aromatic nitrogens is 1. The summed E-state index contributed by atoms with van der Waals surface area (Å²) in [5, 5.41) is 2.88. The van der Waals surface area contributed by atoms with E-state index in [-0.39, 0.29) is 6.54 Å². The van der Waals surface area contributed by atoms with E-state index in [1.54, 1.807) is 18.3 Å². The van der Waals surface area contributed by atoms with E-state index in [2.05, 4.69) is 16.2 Å². The second-order valence-corrected chi connectivity index (χ2v) is 3.18. The van der Waals surface area contributed by atoms with Gasteiger partial charge in [0.1, 0.15) is 6.04 Å². The van der Waals surface area contributed by atoms with Crippen molar-refractivity contribution < 1.29 is 14.3 Å². The van der Waals surface area contributed by atoms with E-state index in [0.717, 1.165) is 0 Å². The maximum absolute atomic E-state index is 11.6. The zero-order chi connectivity index (χ0) is 12.7. The van der Waals surface area contributed by atoms with Crippen LogP contribution in [0, 0.1) is 12.3 Å². The summed E-state index contributed by atoms with van der Waals surface area (Å²) in [5.41, 5.74) is 0.674. The number of nitrogens with zero attached hydrogens (tertiary/aromatic N) is 1. The van der Waals surface area contributed by atoms with Gasteiger partial charge in [-0.05, 0) is 11.6 Å². The smallest absolute Gasteiger partial charge is 0.327 e. The lowest BCUT2D eigenvalue weighted by atomic mass is 10.1. The molecule has 5 nitrogen and oxygen atoms in total. The minimum absolute atomic E-state index is 0.270. The van der Waals surface area contributed by atoms with Gasteiger partial charge in [-0.15, -0.1) is 6.42 Å². The lowest BCUT2D eigenvalue weighted by Crippen LogP contribution is -2.30. The Bertz CT molecular complexity index is 409. The molecule has 5 heteroatoms. The summed E-state index contributed by atoms with van der Waals surface area (Å²) < 4.78 is 9.63. The Morgan fingerprint density at radius 3 is 2.82 bits per heavy atom. The SMILES string of the molecule is C#CCNC(C(=O)OC)c1ccc(OC)nc1. The lowest BCUT2D eigenvalue weighted by molar-refractivity contribution is -0.143. The molecule has 0 spiro atoms. The molecule has 1 aromatic rings. The van der Waals surface area contributed by atoms with E-state index >= 15 is 0 Å². The summed E-state index contributed by atoms with van der Waals surface area (Å²) in [6.07, 6.45) is 6.69. The zero-order valence-electron chi connectivity index (χ0n) is 9.77. The molecule has 1 unspecified atom stereocenters. The summed E-state index contributed by atoms with van der Waals surface area (Å²) in [4.78, 5) is 15.6. The fourth-order valence-corrected chi connectivity index (χ4v) is 1.30. The predicted molar refractivity (Wildman–Crippen MR) is 62.4 cm³/mol. The van der Waals surface area contributed by atoms with Gasteiger partial charge >= 0.3 is 5.97 Å². The van der Waals surface area contributed by atoms with Gasteiger partial charge in [-0.25, -0.2) is 9.78 Å². The minimum atomic E-state index is -0.616. The van der Waals surface area contributed by atoms with Crippen LogP contribution in [0.15, 0.2) is 18.3 Å². The van der Waals surface area contributed by atoms with Crippen LogP contribution in [0.2, 0.25) is 0 Å². The largest absolute Gasteiger partial charge is 0.481 e. The van der Waals surface area contributed by atoms with Gasteiger partial charge in [-0.2, -0.15) is 0 Å². The molecule has 1 heterocycles. The van der Waals surface area contributed by atoms with Gasteiger partial charge in [0.15, 0.2) is 0 Å². The van der Waals surface area contributed by atoms with Crippen LogP contribution in [0.4, 0.5) is 0 Å². The summed E-state index contributed by atoms with van der Waals surface area (Å²) in [7, 11) is 2.85. The molecule has 17 heavy (non-hydrogen) atoms. The van der Waals surface area contributed by atoms with Crippen LogP contribution in [-0.4, -0.2) is 31.7 Å². The van der Waals surface area contributed by atoms with E-state index in [9.17, 15) is 4.79 Å². The Morgan fingerprint density at radius 1 is 1.59 bits per heavy atom. The van der Waals surface area contributed by atoms with E-state index in [1.165, 1.54) is 14.2 Å². The van der Waals surface area contributed by atoms with Crippen LogP contribution in [-0.2, 0) is 9.53 Å². The van der Waals surface area contributed by atoms with Crippen molar-refractivity contribution >= 4 is 5.97 Å². The molecule has 0 aromatic carbocycles. The average molecular weight is 234 g/mol. The average Bonchev–Trinajstić information content (AvgIpc) is 2.39. The number of terminal acetylenes is 1. The second-order valence-electron chi connectivity index (χ2n) is 3.18. The van der Waals surface area contributed by atoms with Crippen LogP contribution in [0.25, 0.3) is 0 Å². The Balaban J connectivity index is 2.88. The van der Waals surface area contributed by atoms with Crippen molar-refractivity contribution in [2.45, 2.75) is 6.04 Å². The highest BCUT2D eigenvalue weighted by molar-refractivity contribution is 5.77. The van der Waals surface area contributed by atoms with Gasteiger partial charge in [0.05, 0.1) is 20.8 Å². The second kappa shape index (κ2) is 6.51. The van der Waals surface area contributed by atoms with Gasteiger partial charge in [-0.3, -0.25) is 5.32 Å². The van der Waals surface area contributed by atoms with Crippen LogP contribution >= 0.6 is 0 Å². The quantitative estimate of drug-likeness (QED) is 0.594. The van der Waals surface area contributed by atoms with Gasteiger partial charge in [0.2, 0.25) is 5.88 Å². The Kier molecular flexibility index (Phi) is 4.98. The molecule has 0 fully saturated rings. The standard InChI is InChI=1S/C12H14N2O3/c1-4-7-13-11(12(15)17-3)9-5-6-10(16-2)14-8-9/h1,5-6,8,11,13H,7H2,2-3H3. The number of methoxy groups -OCH3 is 2. The van der Waals surface area contributed by atoms with Crippen molar-refractivity contribution in [2.24, 2.45) is 0 Å². The zero-order valence-corrected chi connectivity index (χ0v) is 9.77. The normalized spacial score (nSPS) is 11.4. The lowest BCUT2D eigenvalue weighted by Gasteiger charge is -2.15. The van der Waals surface area contributed by atoms with Crippen LogP contribution in [0.5, 0.6) is 5.88 Å². The molecule has 0 saturated carbocycles. The molecule has 0 amide bonds. The molecule has 0 aliphatic heterocycles. The molecule has 0 aliphatic rings. The fourth-order valence-electron chi connectivity index (χ4n) is 1.30. The number of ether oxygens (including phenoxy) is 2. The molecule has 0 bridgehead atoms. The summed E-state index contributed by atoms with van der Waals surface area (Å²) in [6, 6.07) is 2.79. The van der Waals surface area contributed by atoms with Crippen molar-refractivity contribution in [1.82, 2.24) is 10.3 Å². The van der Waals surface area contributed by atoms with Crippen LogP contribution < -0.4 is 10.1 Å². The van der Waals surface area contributed by atoms with Gasteiger partial charge in [0.25, 0.3) is 0 Å². The topological polar surface area (TPSA) is 60.5 Å². The number of hydrogen-bond acceptors (Lipinski definition) is 5. The Morgan fingerprint density at radius 2 is 2.35 bits per heavy atom. The predicted octanol–water partition coefficient (Wildman–Crippen LogP) is 0.527. The molecule has 90 valence electrons. The number of carbonyl (C=O) groups excluding carboxylic acids is 1. The van der Waals surface area contributed by atoms with Crippen molar-refractivity contribution in [2.75, 3.05) is 20.8 Å². The number of esters is 1. The van der Waals surface area contributed by atoms with E-state index in [0.29, 0.717) is 11.4 Å². The first-order valence-electron chi connectivity index (χ1n) is 4.97. The molecule has 0 radical (unpaired) electrons. The Labute approximate surface area is 100 Å². The first-order chi connectivity index (χ1) is 8.22. The van der Waals surface area contributed by atoms with Gasteiger partial charge in [-0.1, -0.05) is 5.92 Å². The van der Waals surface area contributed by atoms with E-state index in [4.69, 9.17) is 15.9 Å². The van der Waals surface area contributed by atoms with Crippen molar-refractivity contribution in [1.29, 1.82) is 0 Å². The first-order valence-corrected chi connectivity index (χ1v) is 4.97. The molecule has 1 rings (SSSR count). The summed E-state index contributed by atoms with van der Waals surface area (Å²) in [5.74, 6) is 2.48. The highest BCUT2D eigenvalue weighted by Crippen LogP contribution is 2.15. The molecular formula is C12H14N2O3. The summed E-state index contributed by atoms with van der Waals surface area (Å²) in [6.45, 7) is 0.270. The van der Waals surface area contributed by atoms with E-state index in [1.807, 2.05) is 0 Å². The Hall–Kier alpha value is -2.06. The number of pyridine rings is 1. The molecule has 1 atom stereocenters. The van der Waals surface area contributed by atoms with Gasteiger partial charge in [0, 0.05) is 12.3 Å². The maximum Gasteiger partial charge on any atom is 0.327 e. The number of nitrogens with one attached hydrogen (secondary N) is 1. The molecule has 1 N–H and O–H groups in total. The number of rotatable bonds is 5. The van der Waals surface area contributed by atoms with Crippen LogP contribution in [0.1, 0.15) is 11.6 Å². The number of carbonyl (C=O) groups is 1. The molecule has 1 aromatic heterocycles. The van der Waals surface area contributed by atoms with Crippen molar-refractivity contribution in [3.8, 4) is 18.2 Å². The van der Waals surface area contributed by atoms with Crippen molar-refractivity contribution in [3.05, 3.63) is 23.9 Å². The highest BCUT2D eigenvalue weighted by Gasteiger charge is 2.20. The monoisotopic (exact) mass is 234 g/mol. The van der Waals surface area contributed by atoms with E-state index < -0.39 is 12.0 Å². The molecule has 0 saturated heterocycles. The number of hydrogen-bond donors (Lipinski definition) is 1. The highest BCUT2D eigenvalue weighted by atomic mass is 16.5. The van der Waals surface area contributed by atoms with Gasteiger partial charge < -0.3 is 9.47 Å².